The van der Waals surface area contributed by atoms with Crippen molar-refractivity contribution in [2.24, 2.45) is 0 Å². The monoisotopic (exact) mass is 519 g/mol. The molecule has 37 heavy (non-hydrogen) atoms. The Morgan fingerprint density at radius 2 is 1.73 bits per heavy atom. The van der Waals surface area contributed by atoms with Gasteiger partial charge >= 0.3 is 12.4 Å². The van der Waals surface area contributed by atoms with Crippen molar-refractivity contribution in [1.82, 2.24) is 14.9 Å². The van der Waals surface area contributed by atoms with Crippen LogP contribution in [0.2, 0.25) is 0 Å². The second kappa shape index (κ2) is 9.60. The van der Waals surface area contributed by atoms with Crippen LogP contribution in [0.5, 0.6) is 0 Å². The highest BCUT2D eigenvalue weighted by atomic mass is 19.4. The normalized spacial score (nSPS) is 15.3. The van der Waals surface area contributed by atoms with E-state index < -0.39 is 30.0 Å². The number of anilines is 1. The van der Waals surface area contributed by atoms with Crippen molar-refractivity contribution in [3.63, 3.8) is 0 Å². The fraction of sp³-hybridized carbons (Fsp3) is 0.160. The third-order valence-corrected chi connectivity index (χ3v) is 5.45. The van der Waals surface area contributed by atoms with E-state index in [1.165, 1.54) is 35.0 Å². The van der Waals surface area contributed by atoms with Crippen LogP contribution >= 0.6 is 0 Å². The third-order valence-electron chi connectivity index (χ3n) is 5.45. The molecular formula is C25H19F6N5O. The Kier molecular flexibility index (Phi) is 6.68. The van der Waals surface area contributed by atoms with Crippen LogP contribution in [0.3, 0.4) is 0 Å². The highest BCUT2D eigenvalue weighted by Gasteiger charge is 2.30. The Morgan fingerprint density at radius 3 is 2.35 bits per heavy atom. The number of nitrogens with zero attached hydrogens (tertiary/aromatic N) is 2. The molecule has 0 aliphatic heterocycles. The predicted octanol–water partition coefficient (Wildman–Crippen LogP) is 5.59. The van der Waals surface area contributed by atoms with Crippen molar-refractivity contribution in [2.75, 3.05) is 18.9 Å². The average molecular weight is 519 g/mol. The first-order chi connectivity index (χ1) is 17.4. The Balaban J connectivity index is 1.94. The van der Waals surface area contributed by atoms with Crippen LogP contribution in [0.15, 0.2) is 77.4 Å². The first-order valence-corrected chi connectivity index (χ1v) is 10.8. The maximum atomic E-state index is 13.7. The van der Waals surface area contributed by atoms with Crippen LogP contribution in [0.4, 0.5) is 32.2 Å². The minimum Gasteiger partial charge on any atom is -0.393 e. The van der Waals surface area contributed by atoms with Gasteiger partial charge in [-0.3, -0.25) is 9.36 Å². The number of nitrogens with one attached hydrogen (secondary N) is 3. The van der Waals surface area contributed by atoms with Crippen molar-refractivity contribution in [1.29, 1.82) is 5.41 Å². The molecule has 3 N–H and O–H groups in total. The summed E-state index contributed by atoms with van der Waals surface area (Å²) in [6.45, 7) is -1.36. The van der Waals surface area contributed by atoms with E-state index in [2.05, 4.69) is 15.6 Å². The molecule has 0 radical (unpaired) electrons. The number of pyridine rings is 2. The second-order valence-corrected chi connectivity index (χ2v) is 8.06. The van der Waals surface area contributed by atoms with Gasteiger partial charge in [0.25, 0.3) is 5.56 Å². The fourth-order valence-electron chi connectivity index (χ4n) is 3.74. The third kappa shape index (κ3) is 5.57. The number of benzene rings is 1. The molecule has 3 aromatic rings. The van der Waals surface area contributed by atoms with Crippen molar-refractivity contribution in [2.45, 2.75) is 12.4 Å². The molecule has 1 aromatic carbocycles. The first kappa shape index (κ1) is 25.7. The molecule has 0 saturated carbocycles. The highest BCUT2D eigenvalue weighted by Crippen LogP contribution is 2.32. The van der Waals surface area contributed by atoms with Gasteiger partial charge in [-0.05, 0) is 48.1 Å². The smallest absolute Gasteiger partial charge is 0.393 e. The molecule has 0 atom stereocenters. The van der Waals surface area contributed by atoms with Crippen molar-refractivity contribution < 1.29 is 26.3 Å². The Hall–Kier alpha value is -4.35. The van der Waals surface area contributed by atoms with Gasteiger partial charge < -0.3 is 16.0 Å². The summed E-state index contributed by atoms with van der Waals surface area (Å²) in [6.07, 6.45) is -1.51. The number of hydrogen-bond acceptors (Lipinski definition) is 5. The highest BCUT2D eigenvalue weighted by molar-refractivity contribution is 6.12. The molecule has 192 valence electrons. The summed E-state index contributed by atoms with van der Waals surface area (Å²) < 4.78 is 78.7. The zero-order chi connectivity index (χ0) is 27.0. The second-order valence-electron chi connectivity index (χ2n) is 8.06. The molecule has 0 bridgehead atoms. The molecule has 1 aliphatic rings. The molecule has 2 heterocycles. The van der Waals surface area contributed by atoms with E-state index in [4.69, 9.17) is 5.41 Å². The molecule has 12 heteroatoms. The molecular weight excluding hydrogens is 500 g/mol. The lowest BCUT2D eigenvalue weighted by Crippen LogP contribution is -2.23. The van der Waals surface area contributed by atoms with Gasteiger partial charge in [-0.25, -0.2) is 4.98 Å². The fourth-order valence-corrected chi connectivity index (χ4v) is 3.74. The largest absolute Gasteiger partial charge is 0.416 e. The number of hydrogen-bond donors (Lipinski definition) is 3. The van der Waals surface area contributed by atoms with Crippen LogP contribution in [0, 0.1) is 5.41 Å². The van der Waals surface area contributed by atoms with Gasteiger partial charge in [0.15, 0.2) is 0 Å². The van der Waals surface area contributed by atoms with Crippen LogP contribution < -0.4 is 16.2 Å². The van der Waals surface area contributed by atoms with Gasteiger partial charge in [-0.1, -0.05) is 12.1 Å². The van der Waals surface area contributed by atoms with E-state index in [9.17, 15) is 31.1 Å². The molecule has 0 saturated heterocycles. The number of allylic oxidation sites excluding steroid dienone is 5. The van der Waals surface area contributed by atoms with Gasteiger partial charge in [0.1, 0.15) is 12.4 Å². The van der Waals surface area contributed by atoms with Gasteiger partial charge in [-0.2, -0.15) is 26.3 Å². The van der Waals surface area contributed by atoms with E-state index in [0.29, 0.717) is 16.7 Å². The average Bonchev–Trinajstić information content (AvgIpc) is 2.83. The summed E-state index contributed by atoms with van der Waals surface area (Å²) in [4.78, 5) is 17.9. The minimum absolute atomic E-state index is 0.0207. The van der Waals surface area contributed by atoms with Gasteiger partial charge in [0, 0.05) is 36.1 Å². The minimum atomic E-state index is -4.59. The number of alkyl halides is 6. The lowest BCUT2D eigenvalue weighted by atomic mass is 10.0. The van der Waals surface area contributed by atoms with Gasteiger partial charge in [0.2, 0.25) is 0 Å². The van der Waals surface area contributed by atoms with E-state index in [-0.39, 0.29) is 28.2 Å². The number of halogens is 6. The number of rotatable bonds is 5. The standard InChI is InChI=1S/C25H19F6N5O/c1-33-11-16-10-18(7-8-19(16)32)36-12-15-4-9-20(34-13-24(26,27)28)35-22(15)21(23(36)37)14-2-5-17(6-3-14)25(29,30)31/h2-12,32-33H,13H2,1H3,(H,34,35)/b16-11-,32-19?. The van der Waals surface area contributed by atoms with Crippen LogP contribution in [0.1, 0.15) is 5.56 Å². The lowest BCUT2D eigenvalue weighted by molar-refractivity contribution is -0.137. The van der Waals surface area contributed by atoms with Crippen LogP contribution in [-0.2, 0) is 6.18 Å². The van der Waals surface area contributed by atoms with E-state index in [1.807, 2.05) is 0 Å². The summed E-state index contributed by atoms with van der Waals surface area (Å²) in [6, 6.07) is 6.65. The molecule has 4 rings (SSSR count). The van der Waals surface area contributed by atoms with E-state index in [1.54, 1.807) is 19.3 Å². The van der Waals surface area contributed by atoms with Crippen molar-refractivity contribution in [3.05, 3.63) is 88.5 Å². The Morgan fingerprint density at radius 1 is 1.03 bits per heavy atom. The number of fused-ring (bicyclic) bond motifs is 1. The van der Waals surface area contributed by atoms with Crippen LogP contribution in [0.25, 0.3) is 27.7 Å². The number of aromatic nitrogens is 2. The van der Waals surface area contributed by atoms with Crippen molar-refractivity contribution >= 4 is 28.1 Å². The molecule has 0 spiro atoms. The summed E-state index contributed by atoms with van der Waals surface area (Å²) in [5.74, 6) is -0.153. The molecule has 1 aliphatic carbocycles. The molecule has 6 nitrogen and oxygen atoms in total. The SMILES string of the molecule is CN/C=C1/C=C(n2cc3ccc(NCC(F)(F)F)nc3c(-c3ccc(C(F)(F)F)cc3)c2=O)C=CC1=N. The first-order valence-electron chi connectivity index (χ1n) is 10.8. The zero-order valence-electron chi connectivity index (χ0n) is 19.1. The predicted molar refractivity (Wildman–Crippen MR) is 129 cm³/mol. The van der Waals surface area contributed by atoms with Gasteiger partial charge in [0.05, 0.1) is 22.4 Å². The lowest BCUT2D eigenvalue weighted by Gasteiger charge is -2.17. The molecule has 0 fully saturated rings. The topological polar surface area (TPSA) is 82.8 Å². The molecule has 2 aromatic heterocycles. The van der Waals surface area contributed by atoms with Gasteiger partial charge in [-0.15, -0.1) is 0 Å². The molecule has 0 amide bonds. The van der Waals surface area contributed by atoms with Crippen LogP contribution in [-0.4, -0.2) is 35.0 Å². The molecule has 0 unspecified atom stereocenters. The van der Waals surface area contributed by atoms with E-state index in [0.717, 1.165) is 24.3 Å². The van der Waals surface area contributed by atoms with Crippen molar-refractivity contribution in [3.8, 4) is 11.1 Å². The Bertz CT molecular complexity index is 1510. The quantitative estimate of drug-likeness (QED) is 0.384. The van der Waals surface area contributed by atoms with E-state index >= 15 is 0 Å². The maximum Gasteiger partial charge on any atom is 0.416 e. The summed E-state index contributed by atoms with van der Waals surface area (Å²) in [5.41, 5.74) is -0.488. The summed E-state index contributed by atoms with van der Waals surface area (Å²) in [7, 11) is 1.65. The maximum absolute atomic E-state index is 13.7. The zero-order valence-corrected chi connectivity index (χ0v) is 19.1. The summed E-state index contributed by atoms with van der Waals surface area (Å²) in [5, 5.41) is 13.3. The Labute approximate surface area is 206 Å². The summed E-state index contributed by atoms with van der Waals surface area (Å²) >= 11 is 0.